The third-order valence-electron chi connectivity index (χ3n) is 5.02. The van der Waals surface area contributed by atoms with E-state index in [2.05, 4.69) is 5.32 Å². The maximum Gasteiger partial charge on any atom is 0.243 e. The molecule has 1 aromatic rings. The molecule has 0 radical (unpaired) electrons. The number of hydrogen-bond donors (Lipinski definition) is 2. The molecule has 2 N–H and O–H groups in total. The Kier molecular flexibility index (Phi) is 8.73. The molecule has 1 amide bonds. The molecule has 1 aromatic carbocycles. The van der Waals surface area contributed by atoms with Crippen molar-refractivity contribution in [3.8, 4) is 0 Å². The summed E-state index contributed by atoms with van der Waals surface area (Å²) in [6.07, 6.45) is 5.65. The van der Waals surface area contributed by atoms with Gasteiger partial charge in [0.15, 0.2) is 0 Å². The van der Waals surface area contributed by atoms with Crippen LogP contribution in [0, 0.1) is 5.92 Å². The molecule has 6 nitrogen and oxygen atoms in total. The molecule has 0 aromatic heterocycles. The minimum atomic E-state index is -3.40. The number of nitrogens with zero attached hydrogens (tertiary/aromatic N) is 1. The van der Waals surface area contributed by atoms with Gasteiger partial charge in [0.1, 0.15) is 0 Å². The van der Waals surface area contributed by atoms with E-state index in [9.17, 15) is 13.2 Å². The van der Waals surface area contributed by atoms with E-state index in [0.717, 1.165) is 37.7 Å². The predicted molar refractivity (Wildman–Crippen MR) is 106 cm³/mol. The molecule has 152 valence electrons. The molecule has 27 heavy (non-hydrogen) atoms. The van der Waals surface area contributed by atoms with E-state index in [0.29, 0.717) is 37.4 Å². The molecule has 0 aliphatic carbocycles. The molecule has 1 aliphatic rings. The number of aliphatic hydroxyl groups is 1. The summed E-state index contributed by atoms with van der Waals surface area (Å²) in [5.41, 5.74) is 0.955. The van der Waals surface area contributed by atoms with E-state index >= 15 is 0 Å². The van der Waals surface area contributed by atoms with Crippen LogP contribution in [0.5, 0.6) is 0 Å². The first-order valence-electron chi connectivity index (χ1n) is 9.90. The lowest BCUT2D eigenvalue weighted by Crippen LogP contribution is -2.35. The smallest absolute Gasteiger partial charge is 0.243 e. The molecule has 1 heterocycles. The predicted octanol–water partition coefficient (Wildman–Crippen LogP) is 2.32. The van der Waals surface area contributed by atoms with Crippen LogP contribution in [0.25, 0.3) is 0 Å². The lowest BCUT2D eigenvalue weighted by molar-refractivity contribution is -0.121. The summed E-state index contributed by atoms with van der Waals surface area (Å²) in [4.78, 5) is 12.2. The van der Waals surface area contributed by atoms with Gasteiger partial charge >= 0.3 is 0 Å². The highest BCUT2D eigenvalue weighted by Crippen LogP contribution is 2.21. The summed E-state index contributed by atoms with van der Waals surface area (Å²) < 4.78 is 26.8. The van der Waals surface area contributed by atoms with E-state index in [1.54, 1.807) is 28.6 Å². The first kappa shape index (κ1) is 21.9. The Bertz CT molecular complexity index is 682. The Morgan fingerprint density at radius 3 is 2.48 bits per heavy atom. The summed E-state index contributed by atoms with van der Waals surface area (Å²) in [6, 6.07) is 6.89. The fraction of sp³-hybridized carbons (Fsp3) is 0.650. The zero-order valence-electron chi connectivity index (χ0n) is 16.2. The Morgan fingerprint density at radius 2 is 1.85 bits per heavy atom. The van der Waals surface area contributed by atoms with Crippen molar-refractivity contribution in [2.24, 2.45) is 5.92 Å². The minimum absolute atomic E-state index is 0.00309. The van der Waals surface area contributed by atoms with Gasteiger partial charge in [-0.3, -0.25) is 4.79 Å². The second-order valence-electron chi connectivity index (χ2n) is 7.39. The molecule has 1 saturated heterocycles. The Morgan fingerprint density at radius 1 is 1.19 bits per heavy atom. The maximum atomic E-state index is 12.6. The first-order valence-corrected chi connectivity index (χ1v) is 11.3. The van der Waals surface area contributed by atoms with Gasteiger partial charge in [-0.05, 0) is 55.7 Å². The standard InChI is InChI=1S/C20H32N2O4S/c1-17(16-23)6-5-13-21-20(24)12-9-18-7-10-19(11-8-18)27(25,26)22-14-3-2-4-15-22/h7-8,10-11,17,23H,2-6,9,12-16H2,1H3,(H,21,24)/t17-/m1/s1. The van der Waals surface area contributed by atoms with Gasteiger partial charge in [0.25, 0.3) is 0 Å². The van der Waals surface area contributed by atoms with Crippen LogP contribution < -0.4 is 5.32 Å². The molecular formula is C20H32N2O4S. The number of sulfonamides is 1. The number of aryl methyl sites for hydroxylation is 1. The van der Waals surface area contributed by atoms with Crippen molar-refractivity contribution in [2.75, 3.05) is 26.2 Å². The summed E-state index contributed by atoms with van der Waals surface area (Å²) in [5.74, 6) is 0.262. The van der Waals surface area contributed by atoms with Gasteiger partial charge in [0, 0.05) is 32.7 Å². The highest BCUT2D eigenvalue weighted by Gasteiger charge is 2.25. The van der Waals surface area contributed by atoms with Gasteiger partial charge in [-0.25, -0.2) is 8.42 Å². The van der Waals surface area contributed by atoms with Crippen molar-refractivity contribution in [1.82, 2.24) is 9.62 Å². The number of amides is 1. The number of nitrogens with one attached hydrogen (secondary N) is 1. The SMILES string of the molecule is C[C@@H](CO)CCCNC(=O)CCc1ccc(S(=O)(=O)N2CCCCC2)cc1. The monoisotopic (exact) mass is 396 g/mol. The highest BCUT2D eigenvalue weighted by molar-refractivity contribution is 7.89. The Labute approximate surface area is 163 Å². The lowest BCUT2D eigenvalue weighted by Gasteiger charge is -2.25. The van der Waals surface area contributed by atoms with Gasteiger partial charge in [-0.2, -0.15) is 4.31 Å². The number of carbonyl (C=O) groups is 1. The van der Waals surface area contributed by atoms with E-state index in [-0.39, 0.29) is 18.4 Å². The second-order valence-corrected chi connectivity index (χ2v) is 9.33. The fourth-order valence-electron chi connectivity index (χ4n) is 3.20. The van der Waals surface area contributed by atoms with E-state index in [4.69, 9.17) is 5.11 Å². The molecule has 2 rings (SSSR count). The zero-order chi connectivity index (χ0) is 19.7. The van der Waals surface area contributed by atoms with Crippen LogP contribution in [0.3, 0.4) is 0 Å². The third kappa shape index (κ3) is 6.90. The molecule has 0 bridgehead atoms. The number of carbonyl (C=O) groups excluding carboxylic acids is 1. The maximum absolute atomic E-state index is 12.6. The summed E-state index contributed by atoms with van der Waals surface area (Å²) >= 11 is 0. The largest absolute Gasteiger partial charge is 0.396 e. The quantitative estimate of drug-likeness (QED) is 0.594. The van der Waals surface area contributed by atoms with E-state index < -0.39 is 10.0 Å². The van der Waals surface area contributed by atoms with Crippen molar-refractivity contribution in [2.45, 2.75) is 56.8 Å². The van der Waals surface area contributed by atoms with Gasteiger partial charge in [-0.1, -0.05) is 25.5 Å². The van der Waals surface area contributed by atoms with Crippen LogP contribution in [-0.4, -0.2) is 50.0 Å². The highest BCUT2D eigenvalue weighted by atomic mass is 32.2. The van der Waals surface area contributed by atoms with Crippen molar-refractivity contribution < 1.29 is 18.3 Å². The fourth-order valence-corrected chi connectivity index (χ4v) is 4.72. The average Bonchev–Trinajstić information content (AvgIpc) is 2.70. The van der Waals surface area contributed by atoms with Gasteiger partial charge in [0.2, 0.25) is 15.9 Å². The van der Waals surface area contributed by atoms with Crippen molar-refractivity contribution in [3.05, 3.63) is 29.8 Å². The van der Waals surface area contributed by atoms with Gasteiger partial charge < -0.3 is 10.4 Å². The van der Waals surface area contributed by atoms with Crippen molar-refractivity contribution >= 4 is 15.9 Å². The van der Waals surface area contributed by atoms with Crippen LogP contribution in [-0.2, 0) is 21.2 Å². The van der Waals surface area contributed by atoms with Crippen LogP contribution >= 0.6 is 0 Å². The van der Waals surface area contributed by atoms with Crippen LogP contribution in [0.2, 0.25) is 0 Å². The number of benzene rings is 1. The van der Waals surface area contributed by atoms with Crippen molar-refractivity contribution in [1.29, 1.82) is 0 Å². The molecule has 1 aliphatic heterocycles. The summed E-state index contributed by atoms with van der Waals surface area (Å²) in [6.45, 7) is 3.98. The average molecular weight is 397 g/mol. The minimum Gasteiger partial charge on any atom is -0.396 e. The molecule has 0 spiro atoms. The molecule has 1 atom stereocenters. The second kappa shape index (κ2) is 10.8. The Hall–Kier alpha value is -1.44. The van der Waals surface area contributed by atoms with Crippen LogP contribution in [0.15, 0.2) is 29.2 Å². The summed E-state index contributed by atoms with van der Waals surface area (Å²) in [5, 5.41) is 11.9. The molecule has 0 unspecified atom stereocenters. The van der Waals surface area contributed by atoms with Crippen molar-refractivity contribution in [3.63, 3.8) is 0 Å². The third-order valence-corrected chi connectivity index (χ3v) is 6.94. The molecule has 7 heteroatoms. The topological polar surface area (TPSA) is 86.7 Å². The van der Waals surface area contributed by atoms with Gasteiger partial charge in [-0.15, -0.1) is 0 Å². The number of hydrogen-bond acceptors (Lipinski definition) is 4. The normalized spacial score (nSPS) is 16.8. The number of rotatable bonds is 10. The van der Waals surface area contributed by atoms with E-state index in [1.807, 2.05) is 6.92 Å². The molecule has 0 saturated carbocycles. The van der Waals surface area contributed by atoms with Gasteiger partial charge in [0.05, 0.1) is 4.90 Å². The first-order chi connectivity index (χ1) is 12.9. The zero-order valence-corrected chi connectivity index (χ0v) is 17.0. The molecule has 1 fully saturated rings. The summed E-state index contributed by atoms with van der Waals surface area (Å²) in [7, 11) is -3.40. The molecular weight excluding hydrogens is 364 g/mol. The Balaban J connectivity index is 1.77. The van der Waals surface area contributed by atoms with Crippen LogP contribution in [0.4, 0.5) is 0 Å². The number of piperidine rings is 1. The number of aliphatic hydroxyl groups excluding tert-OH is 1. The van der Waals surface area contributed by atoms with Crippen LogP contribution in [0.1, 0.15) is 51.0 Å². The lowest BCUT2D eigenvalue weighted by atomic mass is 10.1. The van der Waals surface area contributed by atoms with E-state index in [1.165, 1.54) is 0 Å².